The molecule has 0 aliphatic rings. The minimum atomic E-state index is 0.105. The lowest BCUT2D eigenvalue weighted by molar-refractivity contribution is 0.322. The fourth-order valence-electron chi connectivity index (χ4n) is 1.01. The number of thioether (sulfide) groups is 1. The standard InChI is InChI=1S/C8H13N3OS/c9-5-3-6(10)8(7(11)4-5)13-2-1-12/h3-4,12H,1-2,9-11H2. The molecule has 0 aromatic heterocycles. The van der Waals surface area contributed by atoms with Crippen molar-refractivity contribution < 1.29 is 5.11 Å². The van der Waals surface area contributed by atoms with Gasteiger partial charge in [-0.1, -0.05) is 0 Å². The minimum absolute atomic E-state index is 0.105. The van der Waals surface area contributed by atoms with Crippen molar-refractivity contribution in [2.75, 3.05) is 29.6 Å². The van der Waals surface area contributed by atoms with Crippen LogP contribution in [-0.4, -0.2) is 17.5 Å². The van der Waals surface area contributed by atoms with E-state index in [2.05, 4.69) is 0 Å². The molecule has 0 amide bonds. The van der Waals surface area contributed by atoms with Crippen LogP contribution < -0.4 is 17.2 Å². The van der Waals surface area contributed by atoms with Crippen molar-refractivity contribution in [3.8, 4) is 0 Å². The Morgan fingerprint density at radius 1 is 1.15 bits per heavy atom. The minimum Gasteiger partial charge on any atom is -0.399 e. The van der Waals surface area contributed by atoms with Gasteiger partial charge in [-0.2, -0.15) is 0 Å². The summed E-state index contributed by atoms with van der Waals surface area (Å²) in [4.78, 5) is 0.795. The maximum Gasteiger partial charge on any atom is 0.0535 e. The van der Waals surface area contributed by atoms with Crippen LogP contribution in [0.5, 0.6) is 0 Å². The van der Waals surface area contributed by atoms with Crippen LogP contribution >= 0.6 is 11.8 Å². The molecule has 0 heterocycles. The summed E-state index contributed by atoms with van der Waals surface area (Å²) in [5.41, 5.74) is 18.6. The van der Waals surface area contributed by atoms with Gasteiger partial charge in [0, 0.05) is 22.8 Å². The second-order valence-electron chi connectivity index (χ2n) is 2.60. The number of anilines is 3. The third-order valence-corrected chi connectivity index (χ3v) is 2.65. The Labute approximate surface area is 81.1 Å². The predicted molar refractivity (Wildman–Crippen MR) is 57.5 cm³/mol. The molecule has 0 unspecified atom stereocenters. The van der Waals surface area contributed by atoms with Crippen molar-refractivity contribution in [3.63, 3.8) is 0 Å². The van der Waals surface area contributed by atoms with E-state index in [0.29, 0.717) is 22.8 Å². The Hall–Kier alpha value is -1.07. The van der Waals surface area contributed by atoms with E-state index < -0.39 is 0 Å². The second-order valence-corrected chi connectivity index (χ2v) is 3.71. The highest BCUT2D eigenvalue weighted by Gasteiger charge is 2.05. The number of aliphatic hydroxyl groups is 1. The molecule has 1 aromatic rings. The zero-order valence-electron chi connectivity index (χ0n) is 7.16. The maximum absolute atomic E-state index is 8.64. The Balaban J connectivity index is 2.92. The van der Waals surface area contributed by atoms with Gasteiger partial charge in [0.25, 0.3) is 0 Å². The molecule has 4 nitrogen and oxygen atoms in total. The highest BCUT2D eigenvalue weighted by molar-refractivity contribution is 7.99. The SMILES string of the molecule is Nc1cc(N)c(SCCO)c(N)c1. The van der Waals surface area contributed by atoms with E-state index in [0.717, 1.165) is 4.90 Å². The first-order valence-electron chi connectivity index (χ1n) is 3.83. The van der Waals surface area contributed by atoms with Crippen LogP contribution in [0.15, 0.2) is 17.0 Å². The molecule has 0 atom stereocenters. The molecular formula is C8H13N3OS. The van der Waals surface area contributed by atoms with E-state index in [9.17, 15) is 0 Å². The number of rotatable bonds is 3. The average Bonchev–Trinajstić information content (AvgIpc) is 2.02. The molecule has 0 fully saturated rings. The molecule has 0 aliphatic heterocycles. The van der Waals surface area contributed by atoms with E-state index in [4.69, 9.17) is 22.3 Å². The molecule has 72 valence electrons. The normalized spacial score (nSPS) is 10.2. The van der Waals surface area contributed by atoms with Crippen LogP contribution in [0.4, 0.5) is 17.1 Å². The van der Waals surface area contributed by atoms with Gasteiger partial charge in [-0.15, -0.1) is 11.8 Å². The summed E-state index contributed by atoms with van der Waals surface area (Å²) in [5.74, 6) is 0.582. The third kappa shape index (κ3) is 2.43. The summed E-state index contributed by atoms with van der Waals surface area (Å²) in [7, 11) is 0. The number of nitrogens with two attached hydrogens (primary N) is 3. The first kappa shape index (κ1) is 10.0. The third-order valence-electron chi connectivity index (χ3n) is 1.51. The summed E-state index contributed by atoms with van der Waals surface area (Å²) in [6.45, 7) is 0.105. The van der Waals surface area contributed by atoms with Gasteiger partial charge in [-0.05, 0) is 12.1 Å². The molecule has 0 aliphatic carbocycles. The van der Waals surface area contributed by atoms with Gasteiger partial charge in [-0.3, -0.25) is 0 Å². The Morgan fingerprint density at radius 3 is 2.15 bits per heavy atom. The second kappa shape index (κ2) is 4.25. The van der Waals surface area contributed by atoms with Crippen LogP contribution in [0.25, 0.3) is 0 Å². The molecule has 1 rings (SSSR count). The van der Waals surface area contributed by atoms with Gasteiger partial charge in [0.15, 0.2) is 0 Å². The number of nitrogen functional groups attached to an aromatic ring is 3. The zero-order chi connectivity index (χ0) is 9.84. The predicted octanol–water partition coefficient (Wildman–Crippen LogP) is 0.518. The number of hydrogen-bond acceptors (Lipinski definition) is 5. The Bertz CT molecular complexity index is 280. The molecule has 7 N–H and O–H groups in total. The first-order chi connectivity index (χ1) is 6.15. The van der Waals surface area contributed by atoms with E-state index in [1.807, 2.05) is 0 Å². The molecule has 0 saturated heterocycles. The Morgan fingerprint density at radius 2 is 1.69 bits per heavy atom. The van der Waals surface area contributed by atoms with Gasteiger partial charge >= 0.3 is 0 Å². The molecule has 13 heavy (non-hydrogen) atoms. The van der Waals surface area contributed by atoms with Crippen molar-refractivity contribution in [3.05, 3.63) is 12.1 Å². The van der Waals surface area contributed by atoms with Gasteiger partial charge in [0.1, 0.15) is 0 Å². The van der Waals surface area contributed by atoms with E-state index in [1.165, 1.54) is 11.8 Å². The highest BCUT2D eigenvalue weighted by Crippen LogP contribution is 2.32. The number of aliphatic hydroxyl groups excluding tert-OH is 1. The molecule has 0 radical (unpaired) electrons. The lowest BCUT2D eigenvalue weighted by Gasteiger charge is -2.08. The molecule has 0 bridgehead atoms. The number of hydrogen-bond donors (Lipinski definition) is 4. The van der Waals surface area contributed by atoms with Gasteiger partial charge in [0.2, 0.25) is 0 Å². The Kier molecular flexibility index (Phi) is 3.27. The summed E-state index contributed by atoms with van der Waals surface area (Å²) in [6.07, 6.45) is 0. The van der Waals surface area contributed by atoms with E-state index in [1.54, 1.807) is 12.1 Å². The van der Waals surface area contributed by atoms with Crippen LogP contribution in [0, 0.1) is 0 Å². The molecule has 0 spiro atoms. The van der Waals surface area contributed by atoms with Crippen molar-refractivity contribution >= 4 is 28.8 Å². The topological polar surface area (TPSA) is 98.3 Å². The van der Waals surface area contributed by atoms with Crippen LogP contribution in [0.1, 0.15) is 0 Å². The molecule has 1 aromatic carbocycles. The monoisotopic (exact) mass is 199 g/mol. The molecule has 5 heteroatoms. The fraction of sp³-hybridized carbons (Fsp3) is 0.250. The zero-order valence-corrected chi connectivity index (χ0v) is 7.97. The van der Waals surface area contributed by atoms with Crippen LogP contribution in [0.2, 0.25) is 0 Å². The van der Waals surface area contributed by atoms with Gasteiger partial charge in [0.05, 0.1) is 11.5 Å². The van der Waals surface area contributed by atoms with E-state index >= 15 is 0 Å². The van der Waals surface area contributed by atoms with Gasteiger partial charge < -0.3 is 22.3 Å². The quantitative estimate of drug-likeness (QED) is 0.420. The number of benzene rings is 1. The summed E-state index contributed by atoms with van der Waals surface area (Å²) >= 11 is 1.43. The van der Waals surface area contributed by atoms with Crippen molar-refractivity contribution in [1.82, 2.24) is 0 Å². The molecule has 0 saturated carbocycles. The fourth-order valence-corrected chi connectivity index (χ4v) is 1.76. The highest BCUT2D eigenvalue weighted by atomic mass is 32.2. The summed E-state index contributed by atoms with van der Waals surface area (Å²) in [5, 5.41) is 8.64. The summed E-state index contributed by atoms with van der Waals surface area (Å²) in [6, 6.07) is 3.33. The van der Waals surface area contributed by atoms with Crippen molar-refractivity contribution in [1.29, 1.82) is 0 Å². The average molecular weight is 199 g/mol. The smallest absolute Gasteiger partial charge is 0.0535 e. The molecular weight excluding hydrogens is 186 g/mol. The maximum atomic E-state index is 8.64. The van der Waals surface area contributed by atoms with Crippen LogP contribution in [0.3, 0.4) is 0 Å². The first-order valence-corrected chi connectivity index (χ1v) is 4.82. The summed E-state index contributed by atoms with van der Waals surface area (Å²) < 4.78 is 0. The lowest BCUT2D eigenvalue weighted by atomic mass is 10.2. The van der Waals surface area contributed by atoms with Crippen molar-refractivity contribution in [2.45, 2.75) is 4.90 Å². The largest absolute Gasteiger partial charge is 0.399 e. The van der Waals surface area contributed by atoms with Crippen molar-refractivity contribution in [2.24, 2.45) is 0 Å². The van der Waals surface area contributed by atoms with Gasteiger partial charge in [-0.25, -0.2) is 0 Å². The lowest BCUT2D eigenvalue weighted by Crippen LogP contribution is -1.99. The van der Waals surface area contributed by atoms with E-state index in [-0.39, 0.29) is 6.61 Å². The van der Waals surface area contributed by atoms with Crippen LogP contribution in [-0.2, 0) is 0 Å².